The zero-order valence-corrected chi connectivity index (χ0v) is 17.8. The molecule has 1 aliphatic rings. The van der Waals surface area contributed by atoms with E-state index in [2.05, 4.69) is 30.9 Å². The fourth-order valence-electron chi connectivity index (χ4n) is 3.64. The molecule has 0 saturated heterocycles. The minimum absolute atomic E-state index is 0.0126. The molecular formula is C22H24N6O5. The fourth-order valence-corrected chi connectivity index (χ4v) is 3.64. The molecule has 11 nitrogen and oxygen atoms in total. The topological polar surface area (TPSA) is 158 Å². The second kappa shape index (κ2) is 10.1. The van der Waals surface area contributed by atoms with Crippen LogP contribution in [0.15, 0.2) is 30.7 Å². The van der Waals surface area contributed by atoms with Gasteiger partial charge in [-0.25, -0.2) is 9.97 Å². The highest BCUT2D eigenvalue weighted by molar-refractivity contribution is 6.03. The van der Waals surface area contributed by atoms with Crippen molar-refractivity contribution in [1.29, 1.82) is 0 Å². The quantitative estimate of drug-likeness (QED) is 0.223. The lowest BCUT2D eigenvalue weighted by Gasteiger charge is -2.18. The molecule has 2 aromatic heterocycles. The van der Waals surface area contributed by atoms with Crippen LogP contribution in [0.25, 0.3) is 11.0 Å². The van der Waals surface area contributed by atoms with Crippen LogP contribution in [0.4, 0.5) is 5.69 Å². The number of rotatable bonds is 10. The van der Waals surface area contributed by atoms with Gasteiger partial charge in [0.15, 0.2) is 12.3 Å². The summed E-state index contributed by atoms with van der Waals surface area (Å²) in [7, 11) is 0. The number of benzene rings is 1. The van der Waals surface area contributed by atoms with Crippen molar-refractivity contribution in [3.63, 3.8) is 0 Å². The molecule has 1 aliphatic heterocycles. The maximum absolute atomic E-state index is 12.8. The summed E-state index contributed by atoms with van der Waals surface area (Å²) in [5.41, 5.74) is 3.60. The minimum atomic E-state index is -0.557. The zero-order valence-electron chi connectivity index (χ0n) is 17.8. The van der Waals surface area contributed by atoms with Crippen LogP contribution in [0.5, 0.6) is 5.75 Å². The van der Waals surface area contributed by atoms with E-state index in [9.17, 15) is 19.5 Å². The van der Waals surface area contributed by atoms with Gasteiger partial charge in [0, 0.05) is 19.3 Å². The molecule has 5 N–H and O–H groups in total. The molecule has 172 valence electrons. The average Bonchev–Trinajstić information content (AvgIpc) is 3.24. The summed E-state index contributed by atoms with van der Waals surface area (Å²) in [4.78, 5) is 46.1. The van der Waals surface area contributed by atoms with Crippen LogP contribution in [0.1, 0.15) is 34.5 Å². The highest BCUT2D eigenvalue weighted by atomic mass is 16.5. The van der Waals surface area contributed by atoms with E-state index in [1.807, 2.05) is 6.07 Å². The van der Waals surface area contributed by atoms with Crippen molar-refractivity contribution in [2.75, 3.05) is 18.5 Å². The number of amides is 3. The molecule has 1 atom stereocenters. The summed E-state index contributed by atoms with van der Waals surface area (Å²) < 4.78 is 5.34. The van der Waals surface area contributed by atoms with Gasteiger partial charge in [0.05, 0.1) is 22.8 Å². The Morgan fingerprint density at radius 2 is 2.18 bits per heavy atom. The van der Waals surface area contributed by atoms with E-state index in [-0.39, 0.29) is 30.7 Å². The van der Waals surface area contributed by atoms with Gasteiger partial charge >= 0.3 is 0 Å². The third-order valence-corrected chi connectivity index (χ3v) is 5.34. The molecule has 0 saturated carbocycles. The van der Waals surface area contributed by atoms with Gasteiger partial charge in [-0.05, 0) is 42.5 Å². The van der Waals surface area contributed by atoms with Crippen LogP contribution in [0.3, 0.4) is 0 Å². The average molecular weight is 452 g/mol. The van der Waals surface area contributed by atoms with Gasteiger partial charge in [0.1, 0.15) is 12.1 Å². The summed E-state index contributed by atoms with van der Waals surface area (Å²) >= 11 is 0. The Hall–Kier alpha value is -3.99. The second-order valence-corrected chi connectivity index (χ2v) is 7.66. The first kappa shape index (κ1) is 22.2. The maximum Gasteiger partial charge on any atom is 0.272 e. The van der Waals surface area contributed by atoms with Crippen molar-refractivity contribution in [3.05, 3.63) is 47.5 Å². The van der Waals surface area contributed by atoms with E-state index in [1.54, 1.807) is 18.3 Å². The molecule has 3 heterocycles. The summed E-state index contributed by atoms with van der Waals surface area (Å²) in [6.07, 6.45) is 4.67. The number of aromatic nitrogens is 3. The molecule has 1 aromatic carbocycles. The molecular weight excluding hydrogens is 428 g/mol. The molecule has 0 fully saturated rings. The van der Waals surface area contributed by atoms with Gasteiger partial charge in [-0.1, -0.05) is 6.07 Å². The number of anilines is 1. The third kappa shape index (κ3) is 5.26. The molecule has 33 heavy (non-hydrogen) atoms. The van der Waals surface area contributed by atoms with Crippen LogP contribution in [-0.4, -0.2) is 57.5 Å². The molecule has 3 amide bonds. The number of hydrogen-bond donors (Lipinski definition) is 5. The molecule has 3 aromatic rings. The van der Waals surface area contributed by atoms with Gasteiger partial charge in [0.2, 0.25) is 6.41 Å². The van der Waals surface area contributed by atoms with Crippen molar-refractivity contribution >= 4 is 34.9 Å². The van der Waals surface area contributed by atoms with Crippen molar-refractivity contribution in [2.45, 2.75) is 31.9 Å². The Morgan fingerprint density at radius 3 is 3.03 bits per heavy atom. The number of H-pyrrole nitrogens is 1. The van der Waals surface area contributed by atoms with Crippen molar-refractivity contribution in [2.24, 2.45) is 0 Å². The predicted octanol–water partition coefficient (Wildman–Crippen LogP) is 0.648. The molecule has 4 rings (SSSR count). The molecule has 0 bridgehead atoms. The SMILES string of the molecule is O=CNCCC(O)CCc1c[nH]c2c(C(=O)NCc3ccc4c(c3)NC(=O)CO4)ncnc12. The smallest absolute Gasteiger partial charge is 0.272 e. The van der Waals surface area contributed by atoms with Crippen LogP contribution < -0.4 is 20.7 Å². The van der Waals surface area contributed by atoms with E-state index in [0.717, 1.165) is 11.1 Å². The predicted molar refractivity (Wildman–Crippen MR) is 119 cm³/mol. The van der Waals surface area contributed by atoms with Crippen molar-refractivity contribution < 1.29 is 24.2 Å². The van der Waals surface area contributed by atoms with Crippen LogP contribution in [0, 0.1) is 0 Å². The van der Waals surface area contributed by atoms with E-state index < -0.39 is 6.10 Å². The number of carbonyl (C=O) groups is 3. The largest absolute Gasteiger partial charge is 0.482 e. The minimum Gasteiger partial charge on any atom is -0.482 e. The number of fused-ring (bicyclic) bond motifs is 2. The second-order valence-electron chi connectivity index (χ2n) is 7.66. The number of carbonyl (C=O) groups excluding carboxylic acids is 3. The van der Waals surface area contributed by atoms with E-state index in [1.165, 1.54) is 6.33 Å². The van der Waals surface area contributed by atoms with Gasteiger partial charge in [-0.3, -0.25) is 14.4 Å². The normalized spacial score (nSPS) is 13.5. The summed E-state index contributed by atoms with van der Waals surface area (Å²) in [6.45, 7) is 0.637. The summed E-state index contributed by atoms with van der Waals surface area (Å²) in [5.74, 6) is -0.000222. The summed E-state index contributed by atoms with van der Waals surface area (Å²) in [6, 6.07) is 5.32. The van der Waals surface area contributed by atoms with E-state index in [0.29, 0.717) is 54.7 Å². The molecule has 0 radical (unpaired) electrons. The van der Waals surface area contributed by atoms with Gasteiger partial charge in [0.25, 0.3) is 11.8 Å². The number of aliphatic hydroxyl groups is 1. The van der Waals surface area contributed by atoms with Gasteiger partial charge in [-0.15, -0.1) is 0 Å². The Balaban J connectivity index is 1.40. The molecule has 11 heteroatoms. The van der Waals surface area contributed by atoms with Crippen molar-refractivity contribution in [1.82, 2.24) is 25.6 Å². The van der Waals surface area contributed by atoms with Gasteiger partial charge in [-0.2, -0.15) is 0 Å². The number of hydrogen-bond acceptors (Lipinski definition) is 7. The number of aryl methyl sites for hydroxylation is 1. The lowest BCUT2D eigenvalue weighted by molar-refractivity contribution is -0.118. The highest BCUT2D eigenvalue weighted by Crippen LogP contribution is 2.28. The molecule has 1 unspecified atom stereocenters. The number of nitrogens with zero attached hydrogens (tertiary/aromatic N) is 2. The Bertz CT molecular complexity index is 1180. The monoisotopic (exact) mass is 452 g/mol. The van der Waals surface area contributed by atoms with Crippen LogP contribution in [-0.2, 0) is 22.6 Å². The lowest BCUT2D eigenvalue weighted by atomic mass is 10.1. The van der Waals surface area contributed by atoms with E-state index >= 15 is 0 Å². The zero-order chi connectivity index (χ0) is 23.2. The fraction of sp³-hybridized carbons (Fsp3) is 0.318. The standard InChI is InChI=1S/C22H24N6O5/c29-12-23-6-5-15(30)3-2-14-9-24-20-19(14)26-11-27-21(20)22(32)25-8-13-1-4-17-16(7-13)28-18(31)10-33-17/h1,4,7,9,11-12,15,24,30H,2-3,5-6,8,10H2,(H,23,29)(H,25,32)(H,28,31). The first-order valence-corrected chi connectivity index (χ1v) is 10.5. The number of aromatic amines is 1. The van der Waals surface area contributed by atoms with Crippen LogP contribution >= 0.6 is 0 Å². The highest BCUT2D eigenvalue weighted by Gasteiger charge is 2.18. The number of ether oxygens (including phenoxy) is 1. The number of nitrogens with one attached hydrogen (secondary N) is 4. The molecule has 0 aliphatic carbocycles. The maximum atomic E-state index is 12.8. The van der Waals surface area contributed by atoms with Gasteiger partial charge < -0.3 is 30.8 Å². The molecule has 0 spiro atoms. The van der Waals surface area contributed by atoms with Crippen molar-refractivity contribution in [3.8, 4) is 5.75 Å². The Morgan fingerprint density at radius 1 is 1.30 bits per heavy atom. The first-order chi connectivity index (χ1) is 16.0. The first-order valence-electron chi connectivity index (χ1n) is 10.5. The van der Waals surface area contributed by atoms with E-state index in [4.69, 9.17) is 4.74 Å². The van der Waals surface area contributed by atoms with Crippen LogP contribution in [0.2, 0.25) is 0 Å². The Kier molecular flexibility index (Phi) is 6.79. The third-order valence-electron chi connectivity index (χ3n) is 5.34. The Labute approximate surface area is 189 Å². The summed E-state index contributed by atoms with van der Waals surface area (Å²) in [5, 5.41) is 18.2. The lowest BCUT2D eigenvalue weighted by Crippen LogP contribution is -2.26. The number of aliphatic hydroxyl groups excluding tert-OH is 1.